The van der Waals surface area contributed by atoms with Crippen molar-refractivity contribution in [2.75, 3.05) is 25.1 Å². The summed E-state index contributed by atoms with van der Waals surface area (Å²) in [5, 5.41) is 0. The molecular weight excluding hydrogens is 391 g/mol. The van der Waals surface area contributed by atoms with Crippen molar-refractivity contribution >= 4 is 29.3 Å². The van der Waals surface area contributed by atoms with Crippen LogP contribution < -0.4 is 9.64 Å². The summed E-state index contributed by atoms with van der Waals surface area (Å²) in [4.78, 5) is 29.1. The first-order chi connectivity index (χ1) is 13.7. The molecule has 1 fully saturated rings. The van der Waals surface area contributed by atoms with Gasteiger partial charge in [-0.05, 0) is 63.2 Å². The summed E-state index contributed by atoms with van der Waals surface area (Å²) in [5.74, 6) is -0.227. The van der Waals surface area contributed by atoms with Gasteiger partial charge in [-0.25, -0.2) is 4.39 Å². The Morgan fingerprint density at radius 2 is 1.90 bits per heavy atom. The fourth-order valence-corrected chi connectivity index (χ4v) is 5.90. The van der Waals surface area contributed by atoms with Crippen LogP contribution >= 0.6 is 11.8 Å². The maximum absolute atomic E-state index is 14.2. The van der Waals surface area contributed by atoms with Gasteiger partial charge in [0.15, 0.2) is 4.87 Å². The molecule has 5 nitrogen and oxygen atoms in total. The van der Waals surface area contributed by atoms with E-state index in [1.165, 1.54) is 23.9 Å². The number of hydrogen-bond acceptors (Lipinski definition) is 4. The van der Waals surface area contributed by atoms with Gasteiger partial charge in [-0.1, -0.05) is 0 Å². The quantitative estimate of drug-likeness (QED) is 0.761. The number of methoxy groups -OCH3 is 1. The second kappa shape index (κ2) is 6.76. The van der Waals surface area contributed by atoms with Crippen LogP contribution in [0.5, 0.6) is 5.75 Å². The number of thioether (sulfide) groups is 1. The van der Waals surface area contributed by atoms with E-state index < -0.39 is 10.7 Å². The van der Waals surface area contributed by atoms with Gasteiger partial charge in [-0.3, -0.25) is 9.59 Å². The molecular formula is C22H23FN2O3S. The third-order valence-corrected chi connectivity index (χ3v) is 6.98. The molecule has 2 aliphatic heterocycles. The van der Waals surface area contributed by atoms with Crippen molar-refractivity contribution < 1.29 is 18.7 Å². The van der Waals surface area contributed by atoms with Crippen molar-refractivity contribution in [3.05, 3.63) is 59.4 Å². The van der Waals surface area contributed by atoms with Crippen molar-refractivity contribution in [3.8, 4) is 5.75 Å². The highest BCUT2D eigenvalue weighted by atomic mass is 32.2. The van der Waals surface area contributed by atoms with Gasteiger partial charge in [0.25, 0.3) is 11.8 Å². The molecule has 4 rings (SSSR count). The predicted molar refractivity (Wildman–Crippen MR) is 112 cm³/mol. The summed E-state index contributed by atoms with van der Waals surface area (Å²) in [5.41, 5.74) is 1.67. The van der Waals surface area contributed by atoms with Crippen LogP contribution in [0.2, 0.25) is 0 Å². The van der Waals surface area contributed by atoms with Crippen molar-refractivity contribution in [1.82, 2.24) is 4.90 Å². The minimum absolute atomic E-state index is 0.196. The topological polar surface area (TPSA) is 49.9 Å². The zero-order valence-electron chi connectivity index (χ0n) is 16.9. The fourth-order valence-electron chi connectivity index (χ4n) is 4.18. The molecule has 1 saturated heterocycles. The Hall–Kier alpha value is -2.54. The third kappa shape index (κ3) is 2.90. The number of halogens is 1. The molecule has 2 aromatic rings. The molecule has 0 aliphatic carbocycles. The Morgan fingerprint density at radius 3 is 2.52 bits per heavy atom. The molecule has 0 radical (unpaired) electrons. The highest BCUT2D eigenvalue weighted by molar-refractivity contribution is 8.02. The van der Waals surface area contributed by atoms with E-state index in [-0.39, 0.29) is 16.6 Å². The van der Waals surface area contributed by atoms with Crippen LogP contribution in [-0.2, 0) is 9.67 Å². The van der Waals surface area contributed by atoms with E-state index in [2.05, 4.69) is 0 Å². The molecule has 152 valence electrons. The Labute approximate surface area is 173 Å². The van der Waals surface area contributed by atoms with Crippen molar-refractivity contribution in [2.24, 2.45) is 0 Å². The van der Waals surface area contributed by atoms with Gasteiger partial charge in [0.1, 0.15) is 11.6 Å². The molecule has 0 aromatic heterocycles. The molecule has 2 heterocycles. The highest BCUT2D eigenvalue weighted by Gasteiger charge is 2.63. The van der Waals surface area contributed by atoms with Gasteiger partial charge in [0.05, 0.1) is 12.8 Å². The smallest absolute Gasteiger partial charge is 0.268 e. The molecule has 1 atom stereocenters. The van der Waals surface area contributed by atoms with Crippen molar-refractivity contribution in [1.29, 1.82) is 0 Å². The predicted octanol–water partition coefficient (Wildman–Crippen LogP) is 4.02. The van der Waals surface area contributed by atoms with Crippen LogP contribution in [0, 0.1) is 5.82 Å². The number of fused-ring (bicyclic) bond motifs is 2. The van der Waals surface area contributed by atoms with E-state index in [1.807, 2.05) is 20.8 Å². The summed E-state index contributed by atoms with van der Waals surface area (Å²) in [6.45, 7) is 6.71. The molecule has 0 N–H and O–H groups in total. The summed E-state index contributed by atoms with van der Waals surface area (Å²) in [7, 11) is 1.56. The van der Waals surface area contributed by atoms with Crippen LogP contribution in [0.1, 0.15) is 36.7 Å². The van der Waals surface area contributed by atoms with Gasteiger partial charge in [-0.2, -0.15) is 0 Å². The lowest BCUT2D eigenvalue weighted by molar-refractivity contribution is -0.123. The Bertz CT molecular complexity index is 992. The van der Waals surface area contributed by atoms with Crippen LogP contribution in [0.25, 0.3) is 0 Å². The van der Waals surface area contributed by atoms with Gasteiger partial charge < -0.3 is 14.5 Å². The van der Waals surface area contributed by atoms with Gasteiger partial charge >= 0.3 is 0 Å². The largest absolute Gasteiger partial charge is 0.497 e. The number of amides is 2. The highest BCUT2D eigenvalue weighted by Crippen LogP contribution is 2.59. The zero-order chi connectivity index (χ0) is 21.0. The monoisotopic (exact) mass is 414 g/mol. The summed E-state index contributed by atoms with van der Waals surface area (Å²) < 4.78 is 19.0. The van der Waals surface area contributed by atoms with Crippen LogP contribution in [0.15, 0.2) is 42.5 Å². The average Bonchev–Trinajstić information content (AvgIpc) is 3.12. The second-order valence-corrected chi connectivity index (χ2v) is 9.74. The average molecular weight is 415 g/mol. The van der Waals surface area contributed by atoms with E-state index in [0.29, 0.717) is 35.7 Å². The molecule has 1 spiro atoms. The molecule has 7 heteroatoms. The van der Waals surface area contributed by atoms with E-state index in [4.69, 9.17) is 4.74 Å². The lowest BCUT2D eigenvalue weighted by Gasteiger charge is -2.33. The standard InChI is InChI=1S/C22H23FN2O3S/c1-5-24-18-11-8-15(23)12-17(18)22(20(24)27)25(13-21(2,3)29-22)19(26)14-6-9-16(28-4)10-7-14/h6-12H,5,13H2,1-4H3/t22-/m1/s1. The van der Waals surface area contributed by atoms with Gasteiger partial charge in [0.2, 0.25) is 0 Å². The summed E-state index contributed by atoms with van der Waals surface area (Å²) >= 11 is 1.42. The minimum atomic E-state index is -1.27. The minimum Gasteiger partial charge on any atom is -0.497 e. The number of hydrogen-bond donors (Lipinski definition) is 0. The Balaban J connectivity index is 1.87. The van der Waals surface area contributed by atoms with E-state index >= 15 is 0 Å². The molecule has 29 heavy (non-hydrogen) atoms. The summed E-state index contributed by atoms with van der Waals surface area (Å²) in [6, 6.07) is 11.2. The number of carbonyl (C=O) groups is 2. The number of carbonyl (C=O) groups excluding carboxylic acids is 2. The molecule has 0 saturated carbocycles. The van der Waals surface area contributed by atoms with Gasteiger partial charge in [0, 0.05) is 29.0 Å². The number of nitrogens with zero attached hydrogens (tertiary/aromatic N) is 2. The number of anilines is 1. The second-order valence-electron chi connectivity index (χ2n) is 7.84. The summed E-state index contributed by atoms with van der Waals surface area (Å²) in [6.07, 6.45) is 0. The molecule has 2 aromatic carbocycles. The lowest BCUT2D eigenvalue weighted by Crippen LogP contribution is -2.50. The first-order valence-electron chi connectivity index (χ1n) is 9.51. The van der Waals surface area contributed by atoms with E-state index in [1.54, 1.807) is 47.2 Å². The maximum Gasteiger partial charge on any atom is 0.268 e. The number of ether oxygens (including phenoxy) is 1. The van der Waals surface area contributed by atoms with Crippen LogP contribution in [0.4, 0.5) is 10.1 Å². The molecule has 0 unspecified atom stereocenters. The number of likely N-dealkylation sites (N-methyl/N-ethyl adjacent to an activating group) is 1. The Morgan fingerprint density at radius 1 is 1.21 bits per heavy atom. The Kier molecular flexibility index (Phi) is 4.61. The zero-order valence-corrected chi connectivity index (χ0v) is 17.7. The number of benzene rings is 2. The molecule has 2 amide bonds. The maximum atomic E-state index is 14.2. The first kappa shape index (κ1) is 19.8. The number of rotatable bonds is 3. The fraction of sp³-hybridized carbons (Fsp3) is 0.364. The normalized spacial score (nSPS) is 22.3. The lowest BCUT2D eigenvalue weighted by atomic mass is 10.0. The van der Waals surface area contributed by atoms with Crippen molar-refractivity contribution in [3.63, 3.8) is 0 Å². The SMILES string of the molecule is CCN1C(=O)[C@]2(SC(C)(C)CN2C(=O)c2ccc(OC)cc2)c2cc(F)ccc21. The van der Waals surface area contributed by atoms with Gasteiger partial charge in [-0.15, -0.1) is 11.8 Å². The van der Waals surface area contributed by atoms with Crippen molar-refractivity contribution in [2.45, 2.75) is 30.4 Å². The van der Waals surface area contributed by atoms with Crippen LogP contribution in [0.3, 0.4) is 0 Å². The van der Waals surface area contributed by atoms with E-state index in [9.17, 15) is 14.0 Å². The van der Waals surface area contributed by atoms with E-state index in [0.717, 1.165) is 0 Å². The molecule has 2 aliphatic rings. The third-order valence-electron chi connectivity index (χ3n) is 5.39. The molecule has 0 bridgehead atoms. The van der Waals surface area contributed by atoms with Crippen LogP contribution in [-0.4, -0.2) is 41.7 Å². The first-order valence-corrected chi connectivity index (χ1v) is 10.3.